The molecule has 0 aliphatic rings. The summed E-state index contributed by atoms with van der Waals surface area (Å²) in [6.07, 6.45) is 0.389. The van der Waals surface area contributed by atoms with Gasteiger partial charge in [0.15, 0.2) is 5.78 Å². The van der Waals surface area contributed by atoms with Crippen LogP contribution in [0.2, 0.25) is 0 Å². The second kappa shape index (κ2) is 10.8. The molecule has 2 rings (SSSR count). The average molecular weight is 466 g/mol. The van der Waals surface area contributed by atoms with E-state index in [2.05, 4.69) is 34.7 Å². The Morgan fingerprint density at radius 1 is 1.11 bits per heavy atom. The highest BCUT2D eigenvalue weighted by molar-refractivity contribution is 9.10. The van der Waals surface area contributed by atoms with Gasteiger partial charge >= 0.3 is 0 Å². The molecular weight excluding hydrogens is 442 g/mol. The quantitative estimate of drug-likeness (QED) is 0.345. The van der Waals surface area contributed by atoms with Gasteiger partial charge in [0.05, 0.1) is 7.11 Å². The summed E-state index contributed by atoms with van der Waals surface area (Å²) in [4.78, 5) is 15.0. The topological polar surface area (TPSA) is 29.5 Å². The number of hydrogen-bond acceptors (Lipinski definition) is 4. The maximum absolute atomic E-state index is 12.8. The number of rotatable bonds is 8. The summed E-state index contributed by atoms with van der Waals surface area (Å²) < 4.78 is 7.04. The first-order chi connectivity index (χ1) is 13.0. The second-order valence-corrected chi connectivity index (χ2v) is 8.70. The molecule has 0 N–H and O–H groups in total. The third kappa shape index (κ3) is 6.33. The fourth-order valence-electron chi connectivity index (χ4n) is 2.65. The van der Waals surface area contributed by atoms with Gasteiger partial charge in [-0.25, -0.2) is 0 Å². The van der Waals surface area contributed by atoms with Crippen LogP contribution in [0.5, 0.6) is 5.75 Å². The van der Waals surface area contributed by atoms with Gasteiger partial charge in [0.25, 0.3) is 0 Å². The van der Waals surface area contributed by atoms with Crippen molar-refractivity contribution >= 4 is 50.0 Å². The van der Waals surface area contributed by atoms with Crippen molar-refractivity contribution in [1.82, 2.24) is 4.90 Å². The van der Waals surface area contributed by atoms with Crippen molar-refractivity contribution in [3.63, 3.8) is 0 Å². The number of halogens is 1. The molecule has 0 fully saturated rings. The van der Waals surface area contributed by atoms with Crippen LogP contribution < -0.4 is 4.74 Å². The lowest BCUT2D eigenvalue weighted by Crippen LogP contribution is -2.27. The van der Waals surface area contributed by atoms with Crippen LogP contribution in [0.1, 0.15) is 41.4 Å². The fourth-order valence-corrected chi connectivity index (χ4v) is 4.70. The Hall–Kier alpha value is -1.37. The van der Waals surface area contributed by atoms with E-state index < -0.39 is 0 Å². The zero-order valence-corrected chi connectivity index (χ0v) is 19.0. The Morgan fingerprint density at radius 3 is 2.22 bits per heavy atom. The molecule has 2 aromatic rings. The largest absolute Gasteiger partial charge is 0.497 e. The number of Topliss-reactive ketones (excluding diaryl/α,β-unsaturated/α-hetero) is 1. The van der Waals surface area contributed by atoms with Crippen molar-refractivity contribution < 1.29 is 9.53 Å². The molecule has 0 saturated carbocycles. The van der Waals surface area contributed by atoms with Crippen molar-refractivity contribution in [1.29, 1.82) is 0 Å². The Balaban J connectivity index is 2.23. The Kier molecular flexibility index (Phi) is 8.80. The van der Waals surface area contributed by atoms with E-state index in [0.29, 0.717) is 12.0 Å². The molecule has 0 amide bonds. The van der Waals surface area contributed by atoms with Gasteiger partial charge in [-0.2, -0.15) is 0 Å². The smallest absolute Gasteiger partial charge is 0.164 e. The van der Waals surface area contributed by atoms with Crippen LogP contribution >= 0.6 is 39.9 Å². The Labute approximate surface area is 179 Å². The van der Waals surface area contributed by atoms with Crippen LogP contribution in [-0.2, 0) is 0 Å². The molecule has 0 saturated heterocycles. The molecule has 1 unspecified atom stereocenters. The molecule has 0 aliphatic carbocycles. The monoisotopic (exact) mass is 465 g/mol. The van der Waals surface area contributed by atoms with Crippen molar-refractivity contribution in [2.75, 3.05) is 20.2 Å². The summed E-state index contributed by atoms with van der Waals surface area (Å²) in [5.41, 5.74) is 1.78. The molecule has 144 valence electrons. The minimum atomic E-state index is -0.0415. The number of methoxy groups -OCH3 is 1. The van der Waals surface area contributed by atoms with E-state index in [0.717, 1.165) is 33.2 Å². The van der Waals surface area contributed by atoms with Gasteiger partial charge in [0, 0.05) is 34.8 Å². The van der Waals surface area contributed by atoms with Gasteiger partial charge in [-0.3, -0.25) is 4.79 Å². The first-order valence-electron chi connectivity index (χ1n) is 8.86. The minimum absolute atomic E-state index is 0.0415. The van der Waals surface area contributed by atoms with E-state index in [1.807, 2.05) is 48.5 Å². The highest BCUT2D eigenvalue weighted by Gasteiger charge is 2.21. The molecule has 0 aliphatic heterocycles. The fraction of sp³-hybridized carbons (Fsp3) is 0.333. The lowest BCUT2D eigenvalue weighted by atomic mass is 10.0. The molecule has 1 atom stereocenters. The van der Waals surface area contributed by atoms with Crippen LogP contribution in [-0.4, -0.2) is 35.2 Å². The lowest BCUT2D eigenvalue weighted by molar-refractivity contribution is 0.0982. The third-order valence-corrected chi connectivity index (χ3v) is 6.55. The van der Waals surface area contributed by atoms with Gasteiger partial charge in [0.2, 0.25) is 0 Å². The minimum Gasteiger partial charge on any atom is -0.497 e. The molecule has 0 bridgehead atoms. The maximum atomic E-state index is 12.8. The predicted molar refractivity (Wildman–Crippen MR) is 122 cm³/mol. The number of ether oxygens (including phenoxy) is 1. The standard InChI is InChI=1S/C21H24BrNO2S2/c1-4-23(5-2)21(26)27-20(16-8-12-18(25-3)13-9-16)14-19(24)15-6-10-17(22)11-7-15/h6-13,20H,4-5,14H2,1-3H3. The Bertz CT molecular complexity index is 759. The number of ketones is 1. The number of benzene rings is 2. The van der Waals surface area contributed by atoms with Crippen LogP contribution in [0.25, 0.3) is 0 Å². The third-order valence-electron chi connectivity index (χ3n) is 4.29. The molecule has 0 heterocycles. The SMILES string of the molecule is CCN(CC)C(=S)SC(CC(=O)c1ccc(Br)cc1)c1ccc(OC)cc1. The van der Waals surface area contributed by atoms with Crippen molar-refractivity contribution in [3.8, 4) is 5.75 Å². The number of thiocarbonyl (C=S) groups is 1. The number of hydrogen-bond donors (Lipinski definition) is 0. The summed E-state index contributed by atoms with van der Waals surface area (Å²) in [6.45, 7) is 5.90. The van der Waals surface area contributed by atoms with E-state index in [9.17, 15) is 4.79 Å². The van der Waals surface area contributed by atoms with E-state index in [1.54, 1.807) is 18.9 Å². The number of thioether (sulfide) groups is 1. The molecule has 0 spiro atoms. The maximum Gasteiger partial charge on any atom is 0.164 e. The zero-order chi connectivity index (χ0) is 19.8. The van der Waals surface area contributed by atoms with E-state index in [-0.39, 0.29) is 11.0 Å². The highest BCUT2D eigenvalue weighted by Crippen LogP contribution is 2.36. The van der Waals surface area contributed by atoms with E-state index in [1.165, 1.54) is 0 Å². The molecule has 3 nitrogen and oxygen atoms in total. The van der Waals surface area contributed by atoms with Crippen LogP contribution in [0.15, 0.2) is 53.0 Å². The van der Waals surface area contributed by atoms with E-state index in [4.69, 9.17) is 17.0 Å². The van der Waals surface area contributed by atoms with Gasteiger partial charge in [0.1, 0.15) is 10.1 Å². The van der Waals surface area contributed by atoms with E-state index >= 15 is 0 Å². The number of carbonyl (C=O) groups is 1. The number of nitrogens with zero attached hydrogens (tertiary/aromatic N) is 1. The molecule has 27 heavy (non-hydrogen) atoms. The first kappa shape index (κ1) is 21.9. The Morgan fingerprint density at radius 2 is 1.70 bits per heavy atom. The van der Waals surface area contributed by atoms with Crippen LogP contribution in [0, 0.1) is 0 Å². The molecule has 2 aromatic carbocycles. The second-order valence-electron chi connectivity index (χ2n) is 5.95. The van der Waals surface area contributed by atoms with Crippen LogP contribution in [0.3, 0.4) is 0 Å². The normalized spacial score (nSPS) is 11.7. The van der Waals surface area contributed by atoms with Gasteiger partial charge < -0.3 is 9.64 Å². The summed E-state index contributed by atoms with van der Waals surface area (Å²) >= 11 is 10.6. The lowest BCUT2D eigenvalue weighted by Gasteiger charge is -2.25. The van der Waals surface area contributed by atoms with Gasteiger partial charge in [-0.15, -0.1) is 0 Å². The molecular formula is C21H24BrNO2S2. The summed E-state index contributed by atoms with van der Waals surface area (Å²) in [7, 11) is 1.65. The molecule has 0 radical (unpaired) electrons. The van der Waals surface area contributed by atoms with Crippen LogP contribution in [0.4, 0.5) is 0 Å². The zero-order valence-electron chi connectivity index (χ0n) is 15.8. The average Bonchev–Trinajstić information content (AvgIpc) is 2.69. The van der Waals surface area contributed by atoms with Gasteiger partial charge in [-0.1, -0.05) is 64.2 Å². The summed E-state index contributed by atoms with van der Waals surface area (Å²) in [5, 5.41) is -0.0415. The highest BCUT2D eigenvalue weighted by atomic mass is 79.9. The molecule has 0 aromatic heterocycles. The van der Waals surface area contributed by atoms with Crippen molar-refractivity contribution in [2.45, 2.75) is 25.5 Å². The van der Waals surface area contributed by atoms with Gasteiger partial charge in [-0.05, 0) is 43.7 Å². The van der Waals surface area contributed by atoms with Crippen molar-refractivity contribution in [3.05, 3.63) is 64.1 Å². The van der Waals surface area contributed by atoms with Crippen molar-refractivity contribution in [2.24, 2.45) is 0 Å². The first-order valence-corrected chi connectivity index (χ1v) is 10.9. The molecule has 6 heteroatoms. The number of carbonyl (C=O) groups excluding carboxylic acids is 1. The summed E-state index contributed by atoms with van der Waals surface area (Å²) in [6, 6.07) is 15.4. The summed E-state index contributed by atoms with van der Waals surface area (Å²) in [5.74, 6) is 0.909. The predicted octanol–water partition coefficient (Wildman–Crippen LogP) is 6.13.